The Hall–Kier alpha value is -3.15. The van der Waals surface area contributed by atoms with Crippen LogP contribution in [0, 0.1) is 6.92 Å². The number of fused-ring (bicyclic) bond motifs is 1. The van der Waals surface area contributed by atoms with Crippen LogP contribution in [-0.4, -0.2) is 45.4 Å². The third-order valence-corrected chi connectivity index (χ3v) is 4.54. The van der Waals surface area contributed by atoms with E-state index >= 15 is 0 Å². The topological polar surface area (TPSA) is 67.2 Å². The average Bonchev–Trinajstić information content (AvgIpc) is 3.00. The molecule has 0 aliphatic rings. The first-order valence-corrected chi connectivity index (χ1v) is 9.54. The number of likely N-dealkylation sites (N-methyl/N-ethyl adjacent to an activating group) is 1. The van der Waals surface area contributed by atoms with Gasteiger partial charge in [-0.15, -0.1) is 0 Å². The van der Waals surface area contributed by atoms with E-state index in [9.17, 15) is 9.59 Å². The second-order valence-electron chi connectivity index (χ2n) is 7.08. The third-order valence-electron chi connectivity index (χ3n) is 4.54. The largest absolute Gasteiger partial charge is 0.352 e. The second kappa shape index (κ2) is 8.25. The molecule has 0 aliphatic heterocycles. The van der Waals surface area contributed by atoms with E-state index < -0.39 is 0 Å². The number of carbonyl (C=O) groups excluding carboxylic acids is 2. The molecule has 1 N–H and O–H groups in total. The van der Waals surface area contributed by atoms with Crippen LogP contribution in [0.3, 0.4) is 0 Å². The predicted octanol–water partition coefficient (Wildman–Crippen LogP) is 3.32. The molecule has 0 radical (unpaired) electrons. The number of para-hydroxylation sites is 1. The molecule has 0 saturated carbocycles. The summed E-state index contributed by atoms with van der Waals surface area (Å²) in [6.07, 6.45) is 0. The van der Waals surface area contributed by atoms with E-state index in [1.54, 1.807) is 17.0 Å². The Balaban J connectivity index is 1.90. The van der Waals surface area contributed by atoms with Crippen molar-refractivity contribution in [2.24, 2.45) is 0 Å². The Morgan fingerprint density at radius 3 is 2.50 bits per heavy atom. The highest BCUT2D eigenvalue weighted by molar-refractivity contribution is 5.99. The van der Waals surface area contributed by atoms with Crippen molar-refractivity contribution in [3.63, 3.8) is 0 Å². The summed E-state index contributed by atoms with van der Waals surface area (Å²) in [5, 5.41) is 2.82. The molecule has 146 valence electrons. The number of carbonyl (C=O) groups is 2. The van der Waals surface area contributed by atoms with Crippen LogP contribution in [0.4, 0.5) is 0 Å². The number of aryl methyl sites for hydroxylation is 1. The van der Waals surface area contributed by atoms with Crippen molar-refractivity contribution < 1.29 is 9.59 Å². The minimum absolute atomic E-state index is 0.0441. The Morgan fingerprint density at radius 1 is 1.14 bits per heavy atom. The maximum absolute atomic E-state index is 12.9. The van der Waals surface area contributed by atoms with Crippen molar-refractivity contribution in [2.75, 3.05) is 13.1 Å². The molecule has 3 rings (SSSR count). The van der Waals surface area contributed by atoms with Gasteiger partial charge in [0, 0.05) is 23.8 Å². The quantitative estimate of drug-likeness (QED) is 0.715. The molecule has 0 saturated heterocycles. The van der Waals surface area contributed by atoms with Gasteiger partial charge in [-0.3, -0.25) is 14.2 Å². The zero-order valence-corrected chi connectivity index (χ0v) is 16.8. The number of hydrogen-bond acceptors (Lipinski definition) is 3. The van der Waals surface area contributed by atoms with Gasteiger partial charge in [-0.25, -0.2) is 4.98 Å². The molecule has 3 aromatic rings. The van der Waals surface area contributed by atoms with Gasteiger partial charge >= 0.3 is 0 Å². The molecule has 1 heterocycles. The Labute approximate surface area is 165 Å². The summed E-state index contributed by atoms with van der Waals surface area (Å²) in [5.41, 5.74) is 3.27. The summed E-state index contributed by atoms with van der Waals surface area (Å²) in [7, 11) is 0. The summed E-state index contributed by atoms with van der Waals surface area (Å²) in [5.74, 6) is 0.528. The molecule has 28 heavy (non-hydrogen) atoms. The Morgan fingerprint density at radius 2 is 1.86 bits per heavy atom. The number of rotatable bonds is 6. The smallest absolute Gasteiger partial charge is 0.254 e. The minimum atomic E-state index is -0.171. The van der Waals surface area contributed by atoms with E-state index in [-0.39, 0.29) is 24.4 Å². The standard InChI is InChI=1S/C22H26N4O2/c1-5-25(14-21(27)23-15(2)3)22(28)17-11-12-20-19(13-17)24-16(4)26(20)18-9-7-6-8-10-18/h6-13,15H,5,14H2,1-4H3,(H,23,27). The molecule has 0 unspecified atom stereocenters. The van der Waals surface area contributed by atoms with Gasteiger partial charge in [-0.2, -0.15) is 0 Å². The number of imidazole rings is 1. The fourth-order valence-electron chi connectivity index (χ4n) is 3.29. The van der Waals surface area contributed by atoms with Gasteiger partial charge in [-0.1, -0.05) is 18.2 Å². The van der Waals surface area contributed by atoms with Crippen LogP contribution in [-0.2, 0) is 4.79 Å². The van der Waals surface area contributed by atoms with E-state index in [0.29, 0.717) is 12.1 Å². The zero-order valence-electron chi connectivity index (χ0n) is 16.8. The van der Waals surface area contributed by atoms with Crippen molar-refractivity contribution in [2.45, 2.75) is 33.7 Å². The first kappa shape index (κ1) is 19.6. The van der Waals surface area contributed by atoms with Gasteiger partial charge in [-0.05, 0) is 58.0 Å². The van der Waals surface area contributed by atoms with Crippen molar-refractivity contribution in [1.29, 1.82) is 0 Å². The lowest BCUT2D eigenvalue weighted by Crippen LogP contribution is -2.42. The lowest BCUT2D eigenvalue weighted by Gasteiger charge is -2.21. The van der Waals surface area contributed by atoms with Crippen LogP contribution in [0.25, 0.3) is 16.7 Å². The van der Waals surface area contributed by atoms with Gasteiger partial charge in [0.05, 0.1) is 17.6 Å². The SMILES string of the molecule is CCN(CC(=O)NC(C)C)C(=O)c1ccc2c(c1)nc(C)n2-c1ccccc1. The summed E-state index contributed by atoms with van der Waals surface area (Å²) < 4.78 is 2.07. The normalized spacial score (nSPS) is 11.0. The Kier molecular flexibility index (Phi) is 5.78. The molecule has 2 amide bonds. The summed E-state index contributed by atoms with van der Waals surface area (Å²) in [6.45, 7) is 8.12. The molecular formula is C22H26N4O2. The average molecular weight is 378 g/mol. The molecule has 6 heteroatoms. The van der Waals surface area contributed by atoms with Gasteiger partial charge in [0.2, 0.25) is 5.91 Å². The fourth-order valence-corrected chi connectivity index (χ4v) is 3.29. The molecule has 0 bridgehead atoms. The van der Waals surface area contributed by atoms with Crippen molar-refractivity contribution in [3.05, 3.63) is 59.9 Å². The van der Waals surface area contributed by atoms with Crippen molar-refractivity contribution >= 4 is 22.8 Å². The molecule has 2 aromatic carbocycles. The fraction of sp³-hybridized carbons (Fsp3) is 0.318. The number of nitrogens with one attached hydrogen (secondary N) is 1. The van der Waals surface area contributed by atoms with E-state index in [2.05, 4.69) is 14.9 Å². The molecule has 0 aliphatic carbocycles. The number of amides is 2. The lowest BCUT2D eigenvalue weighted by molar-refractivity contribution is -0.122. The van der Waals surface area contributed by atoms with E-state index in [1.165, 1.54) is 0 Å². The van der Waals surface area contributed by atoms with E-state index in [0.717, 1.165) is 22.5 Å². The molecular weight excluding hydrogens is 352 g/mol. The van der Waals surface area contributed by atoms with Crippen LogP contribution in [0.15, 0.2) is 48.5 Å². The Bertz CT molecular complexity index is 992. The van der Waals surface area contributed by atoms with E-state index in [4.69, 9.17) is 0 Å². The molecule has 0 fully saturated rings. The lowest BCUT2D eigenvalue weighted by atomic mass is 10.1. The summed E-state index contributed by atoms with van der Waals surface area (Å²) >= 11 is 0. The summed E-state index contributed by atoms with van der Waals surface area (Å²) in [4.78, 5) is 31.1. The van der Waals surface area contributed by atoms with Crippen molar-refractivity contribution in [1.82, 2.24) is 19.8 Å². The molecule has 1 aromatic heterocycles. The molecule has 0 spiro atoms. The maximum atomic E-state index is 12.9. The number of hydrogen-bond donors (Lipinski definition) is 1. The monoisotopic (exact) mass is 378 g/mol. The van der Waals surface area contributed by atoms with Gasteiger partial charge in [0.25, 0.3) is 5.91 Å². The highest BCUT2D eigenvalue weighted by Gasteiger charge is 2.19. The molecule has 6 nitrogen and oxygen atoms in total. The highest BCUT2D eigenvalue weighted by Crippen LogP contribution is 2.22. The van der Waals surface area contributed by atoms with Crippen LogP contribution in [0.1, 0.15) is 37.0 Å². The van der Waals surface area contributed by atoms with Crippen LogP contribution in [0.2, 0.25) is 0 Å². The maximum Gasteiger partial charge on any atom is 0.254 e. The van der Waals surface area contributed by atoms with Crippen LogP contribution in [0.5, 0.6) is 0 Å². The third kappa shape index (κ3) is 4.06. The number of nitrogens with zero attached hydrogens (tertiary/aromatic N) is 3. The van der Waals surface area contributed by atoms with Crippen LogP contribution >= 0.6 is 0 Å². The van der Waals surface area contributed by atoms with Crippen molar-refractivity contribution in [3.8, 4) is 5.69 Å². The van der Waals surface area contributed by atoms with Crippen LogP contribution < -0.4 is 5.32 Å². The summed E-state index contributed by atoms with van der Waals surface area (Å²) in [6, 6.07) is 15.6. The first-order valence-electron chi connectivity index (χ1n) is 9.54. The predicted molar refractivity (Wildman–Crippen MR) is 111 cm³/mol. The van der Waals surface area contributed by atoms with E-state index in [1.807, 2.05) is 64.1 Å². The van der Waals surface area contributed by atoms with Gasteiger partial charge < -0.3 is 10.2 Å². The number of benzene rings is 2. The zero-order chi connectivity index (χ0) is 20.3. The van der Waals surface area contributed by atoms with Gasteiger partial charge in [0.1, 0.15) is 5.82 Å². The number of aromatic nitrogens is 2. The molecule has 0 atom stereocenters. The first-order chi connectivity index (χ1) is 13.4. The minimum Gasteiger partial charge on any atom is -0.352 e. The van der Waals surface area contributed by atoms with Gasteiger partial charge in [0.15, 0.2) is 0 Å². The second-order valence-corrected chi connectivity index (χ2v) is 7.08. The highest BCUT2D eigenvalue weighted by atomic mass is 16.2.